The number of oxazole rings is 2. The van der Waals surface area contributed by atoms with Crippen molar-refractivity contribution in [1.29, 1.82) is 10.5 Å². The number of rotatable bonds is 10. The summed E-state index contributed by atoms with van der Waals surface area (Å²) in [6, 6.07) is 23.0. The number of ether oxygens (including phenoxy) is 1. The molecule has 6 aromatic rings. The van der Waals surface area contributed by atoms with Crippen molar-refractivity contribution in [2.24, 2.45) is 0 Å². The number of nitrogens with zero attached hydrogens (tertiary/aromatic N) is 4. The molecular formula is C42H33Cl3F6N4O4. The van der Waals surface area contributed by atoms with Gasteiger partial charge < -0.3 is 18.7 Å². The molecule has 6 rings (SSSR count). The van der Waals surface area contributed by atoms with Crippen molar-refractivity contribution in [1.82, 2.24) is 9.97 Å². The van der Waals surface area contributed by atoms with Crippen molar-refractivity contribution in [3.8, 4) is 23.6 Å². The first-order valence-corrected chi connectivity index (χ1v) is 18.7. The van der Waals surface area contributed by atoms with E-state index in [1.807, 2.05) is 19.1 Å². The predicted molar refractivity (Wildman–Crippen MR) is 208 cm³/mol. The summed E-state index contributed by atoms with van der Waals surface area (Å²) in [6.07, 6.45) is -6.58. The van der Waals surface area contributed by atoms with E-state index in [9.17, 15) is 26.3 Å². The van der Waals surface area contributed by atoms with E-state index >= 15 is 0 Å². The molecule has 0 spiro atoms. The normalized spacial score (nSPS) is 11.1. The average molecular weight is 878 g/mol. The maximum atomic E-state index is 12.6. The largest absolute Gasteiger partial charge is 0.508 e. The van der Waals surface area contributed by atoms with Crippen LogP contribution in [0.2, 0.25) is 10.0 Å². The minimum Gasteiger partial charge on any atom is -0.508 e. The number of phenols is 1. The van der Waals surface area contributed by atoms with Gasteiger partial charge in [0.2, 0.25) is 0 Å². The van der Waals surface area contributed by atoms with Gasteiger partial charge in [0.05, 0.1) is 49.6 Å². The zero-order valence-corrected chi connectivity index (χ0v) is 33.5. The molecule has 59 heavy (non-hydrogen) atoms. The third kappa shape index (κ3) is 14.0. The standard InChI is InChI=1S/C21H16ClF3N2O2.C14H13ClF3NO.C7H4ClNO/c1-13-19(12-28-17-8-5-15(11-26)18(22)10-17)29-20(27-13)9-4-14-2-6-16(7-3-14)21(23,24)25;1-9-12(8-15)20-13(19-9)7-4-10-2-5-11(6-3-10)14(16,17)18;8-7-3-6(10)2-1-5(7)4-9/h2-3,5-8,10H,4,9,12H2,1H3;2-3,5-6H,4,7-8H2,1H3;1-3,10H. The van der Waals surface area contributed by atoms with Gasteiger partial charge in [-0.15, -0.1) is 11.6 Å². The van der Waals surface area contributed by atoms with Crippen LogP contribution >= 0.6 is 34.8 Å². The Morgan fingerprint density at radius 2 is 1.08 bits per heavy atom. The Hall–Kier alpha value is -5.67. The van der Waals surface area contributed by atoms with E-state index in [-0.39, 0.29) is 23.3 Å². The lowest BCUT2D eigenvalue weighted by molar-refractivity contribution is -0.138. The number of nitriles is 2. The lowest BCUT2D eigenvalue weighted by Crippen LogP contribution is -2.04. The van der Waals surface area contributed by atoms with E-state index < -0.39 is 23.5 Å². The van der Waals surface area contributed by atoms with Crippen LogP contribution in [-0.2, 0) is 50.5 Å². The maximum absolute atomic E-state index is 12.6. The summed E-state index contributed by atoms with van der Waals surface area (Å²) in [5.74, 6) is 3.05. The highest BCUT2D eigenvalue weighted by Crippen LogP contribution is 2.31. The molecule has 0 aliphatic rings. The van der Waals surface area contributed by atoms with Crippen molar-refractivity contribution in [3.05, 3.63) is 163 Å². The molecule has 4 aromatic carbocycles. The quantitative estimate of drug-likeness (QED) is 0.106. The van der Waals surface area contributed by atoms with Crippen LogP contribution in [0.25, 0.3) is 0 Å². The molecule has 0 aliphatic heterocycles. The SMILES string of the molecule is Cc1nc(CCc2ccc(C(F)(F)F)cc2)oc1CCl.Cc1nc(CCc2ccc(C(F)(F)F)cc2)oc1COc1ccc(C#N)c(Cl)c1.N#Cc1ccc(O)cc1Cl. The predicted octanol–water partition coefficient (Wildman–Crippen LogP) is 12.3. The van der Waals surface area contributed by atoms with Crippen LogP contribution in [0.1, 0.15) is 68.1 Å². The van der Waals surface area contributed by atoms with Crippen molar-refractivity contribution in [2.75, 3.05) is 0 Å². The second kappa shape index (κ2) is 20.8. The monoisotopic (exact) mass is 876 g/mol. The minimum atomic E-state index is -4.34. The molecule has 1 N–H and O–H groups in total. The van der Waals surface area contributed by atoms with E-state index in [1.54, 1.807) is 25.1 Å². The second-order valence-electron chi connectivity index (χ2n) is 12.6. The van der Waals surface area contributed by atoms with E-state index in [1.165, 1.54) is 42.5 Å². The highest BCUT2D eigenvalue weighted by Gasteiger charge is 2.30. The van der Waals surface area contributed by atoms with Crippen molar-refractivity contribution in [3.63, 3.8) is 0 Å². The first kappa shape index (κ1) is 46.0. The number of aryl methyl sites for hydroxylation is 6. The summed E-state index contributed by atoms with van der Waals surface area (Å²) in [7, 11) is 0. The Kier molecular flexibility index (Phi) is 16.3. The molecule has 0 aliphatic carbocycles. The van der Waals surface area contributed by atoms with Gasteiger partial charge in [0.1, 0.15) is 36.0 Å². The summed E-state index contributed by atoms with van der Waals surface area (Å²) in [5.41, 5.74) is 2.42. The molecular weight excluding hydrogens is 845 g/mol. The Labute approximate surface area is 350 Å². The fraction of sp³-hybridized carbons (Fsp3) is 0.238. The van der Waals surface area contributed by atoms with E-state index in [2.05, 4.69) is 9.97 Å². The molecule has 17 heteroatoms. The number of alkyl halides is 7. The lowest BCUT2D eigenvalue weighted by Gasteiger charge is -2.07. The number of hydrogen-bond donors (Lipinski definition) is 1. The van der Waals surface area contributed by atoms with Crippen LogP contribution in [-0.4, -0.2) is 15.1 Å². The Morgan fingerprint density at radius 1 is 0.644 bits per heavy atom. The number of halogens is 9. The minimum absolute atomic E-state index is 0.0731. The summed E-state index contributed by atoms with van der Waals surface area (Å²) in [4.78, 5) is 8.57. The smallest absolute Gasteiger partial charge is 0.416 e. The first-order valence-electron chi connectivity index (χ1n) is 17.4. The molecule has 2 aromatic heterocycles. The van der Waals surface area contributed by atoms with Crippen LogP contribution in [0.15, 0.2) is 93.8 Å². The summed E-state index contributed by atoms with van der Waals surface area (Å²) in [5, 5.41) is 26.7. The highest BCUT2D eigenvalue weighted by molar-refractivity contribution is 6.32. The van der Waals surface area contributed by atoms with Gasteiger partial charge >= 0.3 is 12.4 Å². The van der Waals surface area contributed by atoms with E-state index in [0.717, 1.165) is 41.1 Å². The summed E-state index contributed by atoms with van der Waals surface area (Å²) in [6.45, 7) is 3.74. The van der Waals surface area contributed by atoms with Gasteiger partial charge in [-0.05, 0) is 92.4 Å². The van der Waals surface area contributed by atoms with Crippen molar-refractivity contribution < 1.29 is 45.0 Å². The van der Waals surface area contributed by atoms with Crippen LogP contribution in [0, 0.1) is 36.5 Å². The Morgan fingerprint density at radius 3 is 1.49 bits per heavy atom. The van der Waals surface area contributed by atoms with Gasteiger partial charge in [0.15, 0.2) is 17.5 Å². The molecule has 2 heterocycles. The van der Waals surface area contributed by atoms with E-state index in [4.69, 9.17) is 64.0 Å². The molecule has 0 amide bonds. The highest BCUT2D eigenvalue weighted by atomic mass is 35.5. The molecule has 0 unspecified atom stereocenters. The molecule has 308 valence electrons. The third-order valence-electron chi connectivity index (χ3n) is 8.32. The fourth-order valence-corrected chi connectivity index (χ4v) is 5.77. The summed E-state index contributed by atoms with van der Waals surface area (Å²) >= 11 is 17.2. The molecule has 0 atom stereocenters. The molecule has 0 fully saturated rings. The molecule has 0 radical (unpaired) electrons. The topological polar surface area (TPSA) is 129 Å². The maximum Gasteiger partial charge on any atom is 0.416 e. The van der Waals surface area contributed by atoms with Gasteiger partial charge in [0.25, 0.3) is 0 Å². The van der Waals surface area contributed by atoms with Crippen LogP contribution in [0.4, 0.5) is 26.3 Å². The van der Waals surface area contributed by atoms with Gasteiger partial charge in [-0.2, -0.15) is 36.9 Å². The van der Waals surface area contributed by atoms with E-state index in [0.29, 0.717) is 76.6 Å². The Balaban J connectivity index is 0.000000220. The number of aromatic hydroxyl groups is 1. The van der Waals surface area contributed by atoms with Crippen LogP contribution in [0.5, 0.6) is 11.5 Å². The zero-order valence-electron chi connectivity index (χ0n) is 31.2. The average Bonchev–Trinajstić information content (AvgIpc) is 3.75. The lowest BCUT2D eigenvalue weighted by atomic mass is 10.1. The zero-order chi connectivity index (χ0) is 43.3. The number of aromatic nitrogens is 2. The van der Waals surface area contributed by atoms with Crippen LogP contribution < -0.4 is 4.74 Å². The molecule has 0 saturated heterocycles. The molecule has 8 nitrogen and oxygen atoms in total. The second-order valence-corrected chi connectivity index (χ2v) is 13.7. The fourth-order valence-electron chi connectivity index (χ4n) is 5.09. The Bertz CT molecular complexity index is 2400. The molecule has 0 bridgehead atoms. The van der Waals surface area contributed by atoms with Gasteiger partial charge in [-0.25, -0.2) is 9.97 Å². The number of benzene rings is 4. The third-order valence-corrected chi connectivity index (χ3v) is 9.19. The van der Waals surface area contributed by atoms with Gasteiger partial charge in [-0.3, -0.25) is 0 Å². The van der Waals surface area contributed by atoms with Gasteiger partial charge in [0, 0.05) is 18.9 Å². The first-order chi connectivity index (χ1) is 27.9. The van der Waals surface area contributed by atoms with Crippen LogP contribution in [0.3, 0.4) is 0 Å². The number of hydrogen-bond acceptors (Lipinski definition) is 8. The summed E-state index contributed by atoms with van der Waals surface area (Å²) < 4.78 is 91.9. The molecule has 0 saturated carbocycles. The number of phenolic OH excluding ortho intramolecular Hbond substituents is 1. The van der Waals surface area contributed by atoms with Crippen molar-refractivity contribution in [2.45, 2.75) is 64.4 Å². The van der Waals surface area contributed by atoms with Crippen molar-refractivity contribution >= 4 is 34.8 Å². The van der Waals surface area contributed by atoms with Gasteiger partial charge in [-0.1, -0.05) is 47.5 Å².